The molecule has 9 heteroatoms. The van der Waals surface area contributed by atoms with Crippen molar-refractivity contribution in [1.29, 1.82) is 0 Å². The predicted octanol–water partition coefficient (Wildman–Crippen LogP) is 4.21. The monoisotopic (exact) mass is 529 g/mol. The molecule has 3 aromatic carbocycles. The van der Waals surface area contributed by atoms with Crippen LogP contribution in [0.25, 0.3) is 0 Å². The number of esters is 1. The number of carbonyl (C=O) groups is 5. The van der Waals surface area contributed by atoms with Gasteiger partial charge in [0.2, 0.25) is 29.0 Å². The first-order chi connectivity index (χ1) is 18.3. The van der Waals surface area contributed by atoms with E-state index in [0.717, 1.165) is 4.90 Å². The Labute approximate surface area is 222 Å². The Morgan fingerprint density at radius 3 is 2.13 bits per heavy atom. The molecule has 190 valence electrons. The number of carbonyl (C=O) groups excluding carboxylic acids is 5. The smallest absolute Gasteiger partial charge is 0.338 e. The van der Waals surface area contributed by atoms with Gasteiger partial charge in [0.25, 0.3) is 0 Å². The zero-order valence-electron chi connectivity index (χ0n) is 20.1. The minimum absolute atomic E-state index is 0.114. The van der Waals surface area contributed by atoms with Crippen LogP contribution in [-0.2, 0) is 19.1 Å². The molecule has 3 aliphatic rings. The molecule has 2 saturated heterocycles. The van der Waals surface area contributed by atoms with Crippen LogP contribution in [0.1, 0.15) is 49.7 Å². The van der Waals surface area contributed by atoms with Gasteiger partial charge in [-0.25, -0.2) is 9.69 Å². The summed E-state index contributed by atoms with van der Waals surface area (Å²) in [4.78, 5) is 69.5. The van der Waals surface area contributed by atoms with Crippen molar-refractivity contribution in [3.05, 3.63) is 100 Å². The number of halogens is 1. The molecule has 0 bridgehead atoms. The van der Waals surface area contributed by atoms with E-state index in [1.807, 2.05) is 0 Å². The van der Waals surface area contributed by atoms with Crippen molar-refractivity contribution in [2.75, 3.05) is 11.5 Å². The number of hydrogen-bond donors (Lipinski definition) is 0. The number of ether oxygens (including phenoxy) is 2. The van der Waals surface area contributed by atoms with Crippen molar-refractivity contribution in [1.82, 2.24) is 0 Å². The van der Waals surface area contributed by atoms with Gasteiger partial charge >= 0.3 is 5.97 Å². The highest BCUT2D eigenvalue weighted by Gasteiger charge is 2.75. The minimum Gasteiger partial charge on any atom is -0.462 e. The molecule has 1 aliphatic carbocycles. The van der Waals surface area contributed by atoms with E-state index in [9.17, 15) is 24.0 Å². The number of anilines is 1. The van der Waals surface area contributed by atoms with E-state index in [-0.39, 0.29) is 34.5 Å². The summed E-state index contributed by atoms with van der Waals surface area (Å²) in [5.74, 6) is -6.05. The zero-order valence-corrected chi connectivity index (χ0v) is 20.8. The van der Waals surface area contributed by atoms with Gasteiger partial charge in [0.05, 0.1) is 35.8 Å². The molecule has 2 aliphatic heterocycles. The Hall–Kier alpha value is -4.14. The van der Waals surface area contributed by atoms with Crippen LogP contribution < -0.4 is 4.90 Å². The van der Waals surface area contributed by atoms with E-state index < -0.39 is 52.9 Å². The van der Waals surface area contributed by atoms with Gasteiger partial charge < -0.3 is 9.47 Å². The van der Waals surface area contributed by atoms with Crippen LogP contribution in [-0.4, -0.2) is 41.6 Å². The zero-order chi connectivity index (χ0) is 26.8. The molecular formula is C29H20ClNO7. The largest absolute Gasteiger partial charge is 0.462 e. The van der Waals surface area contributed by atoms with E-state index in [1.165, 1.54) is 42.5 Å². The molecule has 0 saturated carbocycles. The number of nitrogens with zero attached hydrogens (tertiary/aromatic N) is 1. The standard InChI is InChI=1S/C29H20ClNO7/c1-2-37-28(36)20-10-6-3-7-17(20)23-21-22(27(35)31(26(21)34)16-13-11-15(30)12-14-16)29(38-23)24(32)18-8-4-5-9-19(18)25(29)33/h3-14,21-23H,2H2,1H3. The maximum atomic E-state index is 14.0. The number of imide groups is 1. The van der Waals surface area contributed by atoms with E-state index in [4.69, 9.17) is 21.1 Å². The highest BCUT2D eigenvalue weighted by atomic mass is 35.5. The van der Waals surface area contributed by atoms with Gasteiger partial charge in [-0.3, -0.25) is 19.2 Å². The first-order valence-corrected chi connectivity index (χ1v) is 12.4. The molecule has 1 spiro atoms. The molecule has 2 heterocycles. The molecule has 0 aromatic heterocycles. The van der Waals surface area contributed by atoms with Crippen molar-refractivity contribution in [2.24, 2.45) is 11.8 Å². The number of Topliss-reactive ketones (excluding diaryl/α,β-unsaturated/α-hetero) is 2. The fourth-order valence-electron chi connectivity index (χ4n) is 5.78. The maximum absolute atomic E-state index is 14.0. The Morgan fingerprint density at radius 1 is 0.895 bits per heavy atom. The maximum Gasteiger partial charge on any atom is 0.338 e. The van der Waals surface area contributed by atoms with Crippen molar-refractivity contribution in [2.45, 2.75) is 18.6 Å². The summed E-state index contributed by atoms with van der Waals surface area (Å²) >= 11 is 6.01. The van der Waals surface area contributed by atoms with Gasteiger partial charge in [-0.1, -0.05) is 54.1 Å². The molecule has 3 atom stereocenters. The second-order valence-corrected chi connectivity index (χ2v) is 9.71. The second-order valence-electron chi connectivity index (χ2n) is 9.28. The molecule has 3 unspecified atom stereocenters. The molecule has 0 N–H and O–H groups in total. The molecule has 0 radical (unpaired) electrons. The number of benzene rings is 3. The summed E-state index contributed by atoms with van der Waals surface area (Å²) in [5, 5.41) is 0.408. The minimum atomic E-state index is -2.24. The molecule has 8 nitrogen and oxygen atoms in total. The van der Waals surface area contributed by atoms with Gasteiger partial charge in [-0.05, 0) is 42.8 Å². The average Bonchev–Trinajstić information content (AvgIpc) is 3.49. The quantitative estimate of drug-likeness (QED) is 0.283. The van der Waals surface area contributed by atoms with Gasteiger partial charge in [-0.15, -0.1) is 0 Å². The van der Waals surface area contributed by atoms with Crippen molar-refractivity contribution in [3.8, 4) is 0 Å². The molecular weight excluding hydrogens is 510 g/mol. The van der Waals surface area contributed by atoms with Gasteiger partial charge in [0.15, 0.2) is 0 Å². The van der Waals surface area contributed by atoms with Crippen LogP contribution in [0.4, 0.5) is 5.69 Å². The highest BCUT2D eigenvalue weighted by molar-refractivity contribution is 6.37. The molecule has 38 heavy (non-hydrogen) atoms. The number of ketones is 2. The van der Waals surface area contributed by atoms with E-state index in [2.05, 4.69) is 0 Å². The first kappa shape index (κ1) is 24.2. The van der Waals surface area contributed by atoms with Crippen LogP contribution in [0.2, 0.25) is 5.02 Å². The third-order valence-corrected chi connectivity index (χ3v) is 7.62. The van der Waals surface area contributed by atoms with Crippen molar-refractivity contribution < 1.29 is 33.4 Å². The third-order valence-electron chi connectivity index (χ3n) is 7.37. The number of hydrogen-bond acceptors (Lipinski definition) is 7. The summed E-state index contributed by atoms with van der Waals surface area (Å²) in [6.45, 7) is 1.77. The second kappa shape index (κ2) is 8.72. The van der Waals surface area contributed by atoms with Gasteiger partial charge in [-0.2, -0.15) is 0 Å². The fourth-order valence-corrected chi connectivity index (χ4v) is 5.91. The van der Waals surface area contributed by atoms with E-state index in [0.29, 0.717) is 5.02 Å². The van der Waals surface area contributed by atoms with Crippen LogP contribution in [0.5, 0.6) is 0 Å². The lowest BCUT2D eigenvalue weighted by atomic mass is 9.76. The summed E-state index contributed by atoms with van der Waals surface area (Å²) in [6, 6.07) is 18.7. The van der Waals surface area contributed by atoms with E-state index in [1.54, 1.807) is 37.3 Å². The van der Waals surface area contributed by atoms with Crippen molar-refractivity contribution >= 4 is 46.6 Å². The van der Waals surface area contributed by atoms with Crippen LogP contribution in [0.15, 0.2) is 72.8 Å². The van der Waals surface area contributed by atoms with Gasteiger partial charge in [0, 0.05) is 16.1 Å². The topological polar surface area (TPSA) is 107 Å². The summed E-state index contributed by atoms with van der Waals surface area (Å²) in [7, 11) is 0. The molecule has 2 amide bonds. The predicted molar refractivity (Wildman–Crippen MR) is 135 cm³/mol. The Morgan fingerprint density at radius 2 is 1.50 bits per heavy atom. The Balaban J connectivity index is 1.55. The lowest BCUT2D eigenvalue weighted by molar-refractivity contribution is -0.127. The summed E-state index contributed by atoms with van der Waals surface area (Å²) in [6.07, 6.45) is -1.24. The summed E-state index contributed by atoms with van der Waals surface area (Å²) in [5.41, 5.74) is -1.36. The lowest BCUT2D eigenvalue weighted by Gasteiger charge is -2.27. The molecule has 6 rings (SSSR count). The van der Waals surface area contributed by atoms with Gasteiger partial charge in [0.1, 0.15) is 0 Å². The Bertz CT molecular complexity index is 1510. The summed E-state index contributed by atoms with van der Waals surface area (Å²) < 4.78 is 11.5. The number of amides is 2. The number of rotatable bonds is 4. The van der Waals surface area contributed by atoms with Crippen LogP contribution in [0, 0.1) is 11.8 Å². The normalized spacial score (nSPS) is 23.2. The Kier molecular flexibility index (Phi) is 5.55. The average molecular weight is 530 g/mol. The highest BCUT2D eigenvalue weighted by Crippen LogP contribution is 2.58. The van der Waals surface area contributed by atoms with Crippen LogP contribution in [0.3, 0.4) is 0 Å². The van der Waals surface area contributed by atoms with E-state index >= 15 is 0 Å². The molecule has 3 aromatic rings. The fraction of sp³-hybridized carbons (Fsp3) is 0.207. The first-order valence-electron chi connectivity index (χ1n) is 12.1. The van der Waals surface area contributed by atoms with Crippen LogP contribution >= 0.6 is 11.6 Å². The third kappa shape index (κ3) is 3.17. The molecule has 2 fully saturated rings. The lowest BCUT2D eigenvalue weighted by Crippen LogP contribution is -2.51. The van der Waals surface area contributed by atoms with Crippen molar-refractivity contribution in [3.63, 3.8) is 0 Å². The SMILES string of the molecule is CCOC(=O)c1ccccc1C1OC2(C(=O)c3ccccc3C2=O)C2C(=O)N(c3ccc(Cl)cc3)C(=O)C12. The number of fused-ring (bicyclic) bond motifs is 3.